The number of aliphatic carboxylic acids is 1. The van der Waals surface area contributed by atoms with Gasteiger partial charge in [-0.1, -0.05) is 30.3 Å². The van der Waals surface area contributed by atoms with E-state index < -0.39 is 35.2 Å². The second-order valence-corrected chi connectivity index (χ2v) is 8.21. The molecule has 7 nitrogen and oxygen atoms in total. The summed E-state index contributed by atoms with van der Waals surface area (Å²) < 4.78 is 5.45. The molecule has 1 aromatic carbocycles. The van der Waals surface area contributed by atoms with Gasteiger partial charge in [-0.2, -0.15) is 0 Å². The van der Waals surface area contributed by atoms with E-state index in [1.165, 1.54) is 4.90 Å². The fourth-order valence-electron chi connectivity index (χ4n) is 2.46. The topological polar surface area (TPSA) is 95.9 Å². The Morgan fingerprint density at radius 1 is 1.11 bits per heavy atom. The van der Waals surface area contributed by atoms with Crippen molar-refractivity contribution in [1.29, 1.82) is 0 Å². The molecule has 0 saturated carbocycles. The van der Waals surface area contributed by atoms with Crippen molar-refractivity contribution in [3.05, 3.63) is 35.9 Å². The predicted octanol–water partition coefficient (Wildman–Crippen LogP) is 3.18. The van der Waals surface area contributed by atoms with Crippen LogP contribution in [-0.4, -0.2) is 45.2 Å². The SMILES string of the molecule is C[C@@H](C(=O)NC(C)(C)CC(=O)O)N(Cc1ccccc1)C(=O)OC(C)(C)C. The average molecular weight is 378 g/mol. The minimum Gasteiger partial charge on any atom is -0.481 e. The molecule has 0 saturated heterocycles. The molecule has 0 aliphatic carbocycles. The van der Waals surface area contributed by atoms with E-state index in [0.717, 1.165) is 5.56 Å². The molecule has 1 aromatic rings. The molecular weight excluding hydrogens is 348 g/mol. The van der Waals surface area contributed by atoms with E-state index in [1.54, 1.807) is 41.5 Å². The number of carboxylic acids is 1. The minimum atomic E-state index is -1.01. The summed E-state index contributed by atoms with van der Waals surface area (Å²) in [5.74, 6) is -1.45. The normalized spacial score (nSPS) is 12.8. The highest BCUT2D eigenvalue weighted by atomic mass is 16.6. The van der Waals surface area contributed by atoms with Gasteiger partial charge in [0, 0.05) is 12.1 Å². The monoisotopic (exact) mass is 378 g/mol. The Labute approximate surface area is 160 Å². The van der Waals surface area contributed by atoms with Crippen LogP contribution in [0.15, 0.2) is 30.3 Å². The highest BCUT2D eigenvalue weighted by molar-refractivity contribution is 5.86. The lowest BCUT2D eigenvalue weighted by molar-refractivity contribution is -0.139. The quantitative estimate of drug-likeness (QED) is 0.760. The Hall–Kier alpha value is -2.57. The second-order valence-electron chi connectivity index (χ2n) is 8.21. The third-order valence-corrected chi connectivity index (χ3v) is 3.73. The molecule has 2 amide bonds. The highest BCUT2D eigenvalue weighted by Crippen LogP contribution is 2.17. The van der Waals surface area contributed by atoms with Gasteiger partial charge < -0.3 is 15.2 Å². The largest absolute Gasteiger partial charge is 0.481 e. The third-order valence-electron chi connectivity index (χ3n) is 3.73. The van der Waals surface area contributed by atoms with Crippen LogP contribution in [0.4, 0.5) is 4.79 Å². The van der Waals surface area contributed by atoms with Crippen molar-refractivity contribution in [3.63, 3.8) is 0 Å². The number of nitrogens with zero attached hydrogens (tertiary/aromatic N) is 1. The molecule has 0 heterocycles. The van der Waals surface area contributed by atoms with E-state index in [4.69, 9.17) is 9.84 Å². The van der Waals surface area contributed by atoms with Gasteiger partial charge in [0.2, 0.25) is 5.91 Å². The first-order valence-electron chi connectivity index (χ1n) is 8.88. The summed E-state index contributed by atoms with van der Waals surface area (Å²) in [5.41, 5.74) is -0.790. The Balaban J connectivity index is 3.00. The Kier molecular flexibility index (Phi) is 7.39. The van der Waals surface area contributed by atoms with Crippen LogP contribution in [0.2, 0.25) is 0 Å². The van der Waals surface area contributed by atoms with Gasteiger partial charge in [0.25, 0.3) is 0 Å². The van der Waals surface area contributed by atoms with Crippen molar-refractivity contribution in [2.24, 2.45) is 0 Å². The van der Waals surface area contributed by atoms with Crippen LogP contribution in [0.25, 0.3) is 0 Å². The molecule has 0 aromatic heterocycles. The van der Waals surface area contributed by atoms with E-state index in [9.17, 15) is 14.4 Å². The molecular formula is C20H30N2O5. The van der Waals surface area contributed by atoms with Gasteiger partial charge >= 0.3 is 12.1 Å². The van der Waals surface area contributed by atoms with Crippen molar-refractivity contribution in [3.8, 4) is 0 Å². The van der Waals surface area contributed by atoms with Gasteiger partial charge in [0.1, 0.15) is 11.6 Å². The van der Waals surface area contributed by atoms with Gasteiger partial charge in [-0.05, 0) is 47.1 Å². The van der Waals surface area contributed by atoms with Crippen molar-refractivity contribution in [2.45, 2.75) is 71.7 Å². The Bertz CT molecular complexity index is 665. The fraction of sp³-hybridized carbons (Fsp3) is 0.550. The van der Waals surface area contributed by atoms with Gasteiger partial charge in [0.15, 0.2) is 0 Å². The molecule has 0 spiro atoms. The number of amides is 2. The fourth-order valence-corrected chi connectivity index (χ4v) is 2.46. The van der Waals surface area contributed by atoms with Gasteiger partial charge in [-0.3, -0.25) is 14.5 Å². The molecule has 150 valence electrons. The zero-order valence-electron chi connectivity index (χ0n) is 16.9. The van der Waals surface area contributed by atoms with E-state index in [1.807, 2.05) is 30.3 Å². The summed E-state index contributed by atoms with van der Waals surface area (Å²) in [6.07, 6.45) is -0.832. The maximum atomic E-state index is 12.7. The summed E-state index contributed by atoms with van der Waals surface area (Å²) in [5, 5.41) is 11.7. The molecule has 0 radical (unpaired) electrons. The zero-order chi connectivity index (χ0) is 20.8. The van der Waals surface area contributed by atoms with Crippen LogP contribution < -0.4 is 5.32 Å². The van der Waals surface area contributed by atoms with Crippen LogP contribution in [0.1, 0.15) is 53.5 Å². The molecule has 1 rings (SSSR count). The summed E-state index contributed by atoms with van der Waals surface area (Å²) in [6, 6.07) is 8.44. The molecule has 1 atom stereocenters. The summed E-state index contributed by atoms with van der Waals surface area (Å²) in [7, 11) is 0. The van der Waals surface area contributed by atoms with Crippen molar-refractivity contribution < 1.29 is 24.2 Å². The number of carbonyl (C=O) groups is 3. The summed E-state index contributed by atoms with van der Waals surface area (Å²) in [6.45, 7) is 10.3. The van der Waals surface area contributed by atoms with E-state index in [-0.39, 0.29) is 13.0 Å². The molecule has 7 heteroatoms. The Morgan fingerprint density at radius 3 is 2.15 bits per heavy atom. The van der Waals surface area contributed by atoms with Crippen LogP contribution in [0, 0.1) is 0 Å². The average Bonchev–Trinajstić information content (AvgIpc) is 2.49. The zero-order valence-corrected chi connectivity index (χ0v) is 16.9. The molecule has 2 N–H and O–H groups in total. The molecule has 0 unspecified atom stereocenters. The number of carbonyl (C=O) groups excluding carboxylic acids is 2. The maximum absolute atomic E-state index is 12.7. The number of carboxylic acid groups (broad SMARTS) is 1. The Morgan fingerprint density at radius 2 is 1.67 bits per heavy atom. The first-order valence-corrected chi connectivity index (χ1v) is 8.88. The first kappa shape index (κ1) is 22.5. The van der Waals surface area contributed by atoms with Crippen molar-refractivity contribution in [2.75, 3.05) is 0 Å². The number of rotatable bonds is 7. The standard InChI is InChI=1S/C20H30N2O5/c1-14(17(25)21-20(5,6)12-16(23)24)22(18(26)27-19(2,3)4)13-15-10-8-7-9-11-15/h7-11,14H,12-13H2,1-6H3,(H,21,25)(H,23,24)/t14-/m0/s1. The van der Waals surface area contributed by atoms with Crippen LogP contribution in [-0.2, 0) is 20.9 Å². The van der Waals surface area contributed by atoms with E-state index in [2.05, 4.69) is 5.32 Å². The lowest BCUT2D eigenvalue weighted by Crippen LogP contribution is -2.54. The molecule has 27 heavy (non-hydrogen) atoms. The van der Waals surface area contributed by atoms with Gasteiger partial charge in [-0.25, -0.2) is 4.79 Å². The van der Waals surface area contributed by atoms with Crippen molar-refractivity contribution in [1.82, 2.24) is 10.2 Å². The first-order chi connectivity index (χ1) is 12.3. The van der Waals surface area contributed by atoms with Crippen molar-refractivity contribution >= 4 is 18.0 Å². The number of nitrogens with one attached hydrogen (secondary N) is 1. The lowest BCUT2D eigenvalue weighted by Gasteiger charge is -2.33. The van der Waals surface area contributed by atoms with Crippen LogP contribution in [0.3, 0.4) is 0 Å². The molecule has 0 aliphatic heterocycles. The summed E-state index contributed by atoms with van der Waals surface area (Å²) in [4.78, 5) is 37.7. The highest BCUT2D eigenvalue weighted by Gasteiger charge is 2.33. The number of ether oxygens (including phenoxy) is 1. The van der Waals surface area contributed by atoms with Gasteiger partial charge in [0.05, 0.1) is 6.42 Å². The predicted molar refractivity (Wildman–Crippen MR) is 102 cm³/mol. The minimum absolute atomic E-state index is 0.198. The van der Waals surface area contributed by atoms with Gasteiger partial charge in [-0.15, -0.1) is 0 Å². The maximum Gasteiger partial charge on any atom is 0.411 e. The van der Waals surface area contributed by atoms with E-state index in [0.29, 0.717) is 0 Å². The van der Waals surface area contributed by atoms with E-state index >= 15 is 0 Å². The lowest BCUT2D eigenvalue weighted by atomic mass is 10.00. The number of hydrogen-bond acceptors (Lipinski definition) is 4. The number of hydrogen-bond donors (Lipinski definition) is 2. The molecule has 0 bridgehead atoms. The smallest absolute Gasteiger partial charge is 0.411 e. The molecule has 0 aliphatic rings. The van der Waals surface area contributed by atoms with Crippen LogP contribution in [0.5, 0.6) is 0 Å². The molecule has 0 fully saturated rings. The number of benzene rings is 1. The van der Waals surface area contributed by atoms with Crippen LogP contribution >= 0.6 is 0 Å². The third kappa shape index (κ3) is 8.11. The summed E-state index contributed by atoms with van der Waals surface area (Å²) >= 11 is 0. The second kappa shape index (κ2) is 8.88.